The van der Waals surface area contributed by atoms with E-state index in [9.17, 15) is 18.3 Å². The van der Waals surface area contributed by atoms with Gasteiger partial charge in [0.1, 0.15) is 0 Å². The molecule has 3 atom stereocenters. The topological polar surface area (TPSA) is 49.5 Å². The summed E-state index contributed by atoms with van der Waals surface area (Å²) in [5.74, 6) is 0.436. The highest BCUT2D eigenvalue weighted by molar-refractivity contribution is 5.48. The van der Waals surface area contributed by atoms with Crippen LogP contribution in [0.5, 0.6) is 0 Å². The van der Waals surface area contributed by atoms with Crippen molar-refractivity contribution in [1.82, 2.24) is 0 Å². The molecule has 0 aromatic heterocycles. The Kier molecular flexibility index (Phi) is 5.57. The van der Waals surface area contributed by atoms with Gasteiger partial charge in [0, 0.05) is 24.8 Å². The molecule has 0 saturated carbocycles. The van der Waals surface area contributed by atoms with E-state index in [0.717, 1.165) is 24.2 Å². The van der Waals surface area contributed by atoms with Gasteiger partial charge in [-0.1, -0.05) is 13.8 Å². The molecule has 2 rings (SSSR count). The van der Waals surface area contributed by atoms with Crippen LogP contribution in [0.25, 0.3) is 0 Å². The molecule has 1 fully saturated rings. The molecule has 1 aliphatic rings. The van der Waals surface area contributed by atoms with Gasteiger partial charge < -0.3 is 15.7 Å². The molecule has 0 spiro atoms. The number of aliphatic hydroxyl groups is 1. The zero-order valence-electron chi connectivity index (χ0n) is 13.6. The first-order valence-electron chi connectivity index (χ1n) is 8.02. The van der Waals surface area contributed by atoms with E-state index in [2.05, 4.69) is 0 Å². The Morgan fingerprint density at radius 1 is 1.22 bits per heavy atom. The van der Waals surface area contributed by atoms with E-state index in [1.807, 2.05) is 18.7 Å². The van der Waals surface area contributed by atoms with Gasteiger partial charge in [-0.2, -0.15) is 13.2 Å². The lowest BCUT2D eigenvalue weighted by Gasteiger charge is -2.39. The van der Waals surface area contributed by atoms with Crippen molar-refractivity contribution >= 4 is 5.69 Å². The average molecular weight is 330 g/mol. The second-order valence-electron chi connectivity index (χ2n) is 6.86. The van der Waals surface area contributed by atoms with E-state index < -0.39 is 11.7 Å². The lowest BCUT2D eigenvalue weighted by Crippen LogP contribution is -2.48. The minimum absolute atomic E-state index is 0.0320. The normalized spacial score (nSPS) is 24.1. The van der Waals surface area contributed by atoms with Crippen LogP contribution in [0.4, 0.5) is 18.9 Å². The summed E-state index contributed by atoms with van der Waals surface area (Å²) in [5, 5.41) is 10.1. The van der Waals surface area contributed by atoms with Gasteiger partial charge in [-0.05, 0) is 48.9 Å². The first kappa shape index (κ1) is 18.1. The van der Waals surface area contributed by atoms with Crippen molar-refractivity contribution < 1.29 is 18.3 Å². The van der Waals surface area contributed by atoms with Gasteiger partial charge in [-0.3, -0.25) is 0 Å². The number of piperidine rings is 1. The molecule has 3 N–H and O–H groups in total. The van der Waals surface area contributed by atoms with Crippen LogP contribution < -0.4 is 10.6 Å². The molecular formula is C17H25F3N2O. The van der Waals surface area contributed by atoms with Crippen LogP contribution in [0.3, 0.4) is 0 Å². The van der Waals surface area contributed by atoms with Gasteiger partial charge in [-0.15, -0.1) is 0 Å². The average Bonchev–Trinajstić information content (AvgIpc) is 2.45. The molecule has 1 saturated heterocycles. The Balaban J connectivity index is 2.06. The monoisotopic (exact) mass is 330 g/mol. The highest BCUT2D eigenvalue weighted by Crippen LogP contribution is 2.32. The minimum atomic E-state index is -4.32. The third-order valence-corrected chi connectivity index (χ3v) is 4.47. The van der Waals surface area contributed by atoms with E-state index in [1.54, 1.807) is 0 Å². The van der Waals surface area contributed by atoms with Crippen molar-refractivity contribution in [2.75, 3.05) is 18.0 Å². The van der Waals surface area contributed by atoms with Crippen molar-refractivity contribution in [1.29, 1.82) is 0 Å². The molecule has 3 unspecified atom stereocenters. The third-order valence-electron chi connectivity index (χ3n) is 4.47. The highest BCUT2D eigenvalue weighted by atomic mass is 19.4. The molecule has 0 radical (unpaired) electrons. The molecule has 0 amide bonds. The van der Waals surface area contributed by atoms with Crippen molar-refractivity contribution in [2.24, 2.45) is 17.6 Å². The van der Waals surface area contributed by atoms with E-state index >= 15 is 0 Å². The Morgan fingerprint density at radius 2 is 1.83 bits per heavy atom. The summed E-state index contributed by atoms with van der Waals surface area (Å²) in [6.07, 6.45) is -3.19. The summed E-state index contributed by atoms with van der Waals surface area (Å²) in [5.41, 5.74) is 6.20. The quantitative estimate of drug-likeness (QED) is 0.891. The van der Waals surface area contributed by atoms with Gasteiger partial charge in [0.25, 0.3) is 0 Å². The van der Waals surface area contributed by atoms with E-state index in [0.29, 0.717) is 19.5 Å². The van der Waals surface area contributed by atoms with Gasteiger partial charge >= 0.3 is 6.18 Å². The maximum absolute atomic E-state index is 12.6. The highest BCUT2D eigenvalue weighted by Gasteiger charge is 2.31. The lowest BCUT2D eigenvalue weighted by atomic mass is 9.87. The van der Waals surface area contributed by atoms with Gasteiger partial charge in [0.15, 0.2) is 0 Å². The van der Waals surface area contributed by atoms with Crippen molar-refractivity contribution in [3.05, 3.63) is 29.8 Å². The smallest absolute Gasteiger partial charge is 0.393 e. The Hall–Kier alpha value is -1.27. The maximum Gasteiger partial charge on any atom is 0.416 e. The molecule has 1 aromatic rings. The number of rotatable bonds is 4. The number of nitrogens with zero attached hydrogens (tertiary/aromatic N) is 1. The van der Waals surface area contributed by atoms with Crippen LogP contribution in [-0.4, -0.2) is 30.3 Å². The SMILES string of the molecule is CC(C)C(O)CC1CC(N)CN(c2ccc(C(F)(F)F)cc2)C1. The van der Waals surface area contributed by atoms with E-state index in [-0.39, 0.29) is 24.0 Å². The fraction of sp³-hybridized carbons (Fsp3) is 0.647. The fourth-order valence-electron chi connectivity index (χ4n) is 3.10. The van der Waals surface area contributed by atoms with Crippen LogP contribution in [-0.2, 0) is 6.18 Å². The molecule has 3 nitrogen and oxygen atoms in total. The number of hydrogen-bond donors (Lipinski definition) is 2. The number of alkyl halides is 3. The zero-order valence-corrected chi connectivity index (χ0v) is 13.6. The van der Waals surface area contributed by atoms with Gasteiger partial charge in [0.05, 0.1) is 11.7 Å². The molecule has 0 aliphatic carbocycles. The standard InChI is InChI=1S/C17H25F3N2O/c1-11(2)16(23)8-12-7-14(21)10-22(9-12)15-5-3-13(4-6-15)17(18,19)20/h3-6,11-12,14,16,23H,7-10,21H2,1-2H3. The zero-order chi connectivity index (χ0) is 17.2. The Morgan fingerprint density at radius 3 is 2.35 bits per heavy atom. The molecule has 130 valence electrons. The van der Waals surface area contributed by atoms with Crippen molar-refractivity contribution in [3.8, 4) is 0 Å². The summed E-state index contributed by atoms with van der Waals surface area (Å²) in [6.45, 7) is 5.28. The Bertz CT molecular complexity index is 502. The maximum atomic E-state index is 12.6. The number of nitrogens with two attached hydrogens (primary N) is 1. The van der Waals surface area contributed by atoms with E-state index in [1.165, 1.54) is 12.1 Å². The predicted octanol–water partition coefficient (Wildman–Crippen LogP) is 3.27. The van der Waals surface area contributed by atoms with Gasteiger partial charge in [-0.25, -0.2) is 0 Å². The third kappa shape index (κ3) is 4.85. The number of halogens is 3. The molecule has 1 heterocycles. The van der Waals surface area contributed by atoms with Crippen LogP contribution in [0, 0.1) is 11.8 Å². The van der Waals surface area contributed by atoms with Crippen LogP contribution in [0.2, 0.25) is 0 Å². The lowest BCUT2D eigenvalue weighted by molar-refractivity contribution is -0.137. The van der Waals surface area contributed by atoms with Crippen LogP contribution in [0.15, 0.2) is 24.3 Å². The first-order valence-corrected chi connectivity index (χ1v) is 8.02. The molecule has 6 heteroatoms. The van der Waals surface area contributed by atoms with Crippen LogP contribution in [0.1, 0.15) is 32.3 Å². The van der Waals surface area contributed by atoms with Gasteiger partial charge in [0.2, 0.25) is 0 Å². The molecule has 1 aromatic carbocycles. The summed E-state index contributed by atoms with van der Waals surface area (Å²) in [6, 6.07) is 5.17. The summed E-state index contributed by atoms with van der Waals surface area (Å²) in [4.78, 5) is 2.02. The van der Waals surface area contributed by atoms with E-state index in [4.69, 9.17) is 5.73 Å². The second-order valence-corrected chi connectivity index (χ2v) is 6.86. The minimum Gasteiger partial charge on any atom is -0.393 e. The van der Waals surface area contributed by atoms with Crippen molar-refractivity contribution in [2.45, 2.75) is 45.0 Å². The Labute approximate surface area is 135 Å². The number of anilines is 1. The molecular weight excluding hydrogens is 305 g/mol. The number of aliphatic hydroxyl groups excluding tert-OH is 1. The second kappa shape index (κ2) is 7.09. The predicted molar refractivity (Wildman–Crippen MR) is 85.2 cm³/mol. The molecule has 0 bridgehead atoms. The molecule has 1 aliphatic heterocycles. The summed E-state index contributed by atoms with van der Waals surface area (Å²) < 4.78 is 37.9. The molecule has 23 heavy (non-hydrogen) atoms. The van der Waals surface area contributed by atoms with Crippen LogP contribution >= 0.6 is 0 Å². The first-order chi connectivity index (χ1) is 10.7. The van der Waals surface area contributed by atoms with Crippen molar-refractivity contribution in [3.63, 3.8) is 0 Å². The largest absolute Gasteiger partial charge is 0.416 e. The summed E-state index contributed by atoms with van der Waals surface area (Å²) >= 11 is 0. The summed E-state index contributed by atoms with van der Waals surface area (Å²) in [7, 11) is 0. The fourth-order valence-corrected chi connectivity index (χ4v) is 3.10. The number of hydrogen-bond acceptors (Lipinski definition) is 3. The number of benzene rings is 1.